The van der Waals surface area contributed by atoms with E-state index in [0.717, 1.165) is 23.7 Å². The predicted molar refractivity (Wildman–Crippen MR) is 69.3 cm³/mol. The zero-order chi connectivity index (χ0) is 14.7. The van der Waals surface area contributed by atoms with E-state index in [4.69, 9.17) is 5.11 Å². The van der Waals surface area contributed by atoms with E-state index in [-0.39, 0.29) is 22.9 Å². The Hall–Kier alpha value is -1.01. The molecule has 0 spiro atoms. The number of carbonyl (C=O) groups is 1. The van der Waals surface area contributed by atoms with Crippen molar-refractivity contribution in [2.24, 2.45) is 0 Å². The van der Waals surface area contributed by atoms with Gasteiger partial charge in [0.15, 0.2) is 0 Å². The minimum Gasteiger partial charge on any atom is -0.477 e. The molecule has 0 saturated heterocycles. The molecule has 0 aliphatic rings. The van der Waals surface area contributed by atoms with Gasteiger partial charge in [0.05, 0.1) is 11.2 Å². The van der Waals surface area contributed by atoms with Crippen molar-refractivity contribution in [1.82, 2.24) is 9.44 Å². The zero-order valence-electron chi connectivity index (χ0n) is 9.78. The first-order valence-corrected chi connectivity index (χ1v) is 9.13. The van der Waals surface area contributed by atoms with Crippen LogP contribution >= 0.6 is 11.3 Å². The van der Waals surface area contributed by atoms with Crippen LogP contribution in [0, 0.1) is 0 Å². The van der Waals surface area contributed by atoms with Gasteiger partial charge >= 0.3 is 5.97 Å². The summed E-state index contributed by atoms with van der Waals surface area (Å²) in [5.74, 6) is -1.20. The van der Waals surface area contributed by atoms with E-state index in [0.29, 0.717) is 0 Å². The first kappa shape index (κ1) is 16.0. The van der Waals surface area contributed by atoms with Gasteiger partial charge in [-0.25, -0.2) is 31.1 Å². The molecule has 0 aliphatic carbocycles. The first-order chi connectivity index (χ1) is 8.62. The molecule has 1 heterocycles. The van der Waals surface area contributed by atoms with Gasteiger partial charge in [-0.05, 0) is 6.07 Å². The third-order valence-corrected chi connectivity index (χ3v) is 5.11. The largest absolute Gasteiger partial charge is 0.477 e. The molecule has 1 aromatic rings. The van der Waals surface area contributed by atoms with Crippen LogP contribution < -0.4 is 9.44 Å². The van der Waals surface area contributed by atoms with Crippen LogP contribution in [0.4, 0.5) is 0 Å². The minimum atomic E-state index is -3.83. The Kier molecular flexibility index (Phi) is 5.04. The zero-order valence-corrected chi connectivity index (χ0v) is 12.2. The fourth-order valence-corrected chi connectivity index (χ4v) is 3.69. The van der Waals surface area contributed by atoms with E-state index in [1.807, 2.05) is 0 Å². The van der Waals surface area contributed by atoms with Crippen LogP contribution in [0.2, 0.25) is 0 Å². The summed E-state index contributed by atoms with van der Waals surface area (Å²) in [6.07, 6.45) is 0.958. The average molecular weight is 328 g/mol. The van der Waals surface area contributed by atoms with Crippen LogP contribution in [0.5, 0.6) is 0 Å². The summed E-state index contributed by atoms with van der Waals surface area (Å²) in [6.45, 7) is -0.221. The number of nitrogens with one attached hydrogen (secondary N) is 2. The van der Waals surface area contributed by atoms with Crippen molar-refractivity contribution in [2.75, 3.05) is 19.3 Å². The number of rotatable bonds is 7. The maximum absolute atomic E-state index is 11.7. The summed E-state index contributed by atoms with van der Waals surface area (Å²) in [4.78, 5) is 10.4. The molecule has 1 aromatic heterocycles. The molecular formula is C8H12N2O6S3. The van der Waals surface area contributed by atoms with Crippen molar-refractivity contribution in [2.45, 2.75) is 4.90 Å². The summed E-state index contributed by atoms with van der Waals surface area (Å²) in [6, 6.07) is 1.04. The van der Waals surface area contributed by atoms with Crippen LogP contribution in [0.15, 0.2) is 16.3 Å². The normalized spacial score (nSPS) is 12.5. The SMILES string of the molecule is CS(=O)(=O)NCCNS(=O)(=O)c1csc(C(=O)O)c1. The van der Waals surface area contributed by atoms with E-state index in [2.05, 4.69) is 9.44 Å². The second-order valence-electron chi connectivity index (χ2n) is 3.52. The van der Waals surface area contributed by atoms with Gasteiger partial charge in [-0.3, -0.25) is 0 Å². The van der Waals surface area contributed by atoms with Crippen molar-refractivity contribution >= 4 is 37.4 Å². The smallest absolute Gasteiger partial charge is 0.345 e. The third kappa shape index (κ3) is 5.24. The van der Waals surface area contributed by atoms with Gasteiger partial charge in [-0.15, -0.1) is 11.3 Å². The van der Waals surface area contributed by atoms with Crippen molar-refractivity contribution in [3.05, 3.63) is 16.3 Å². The molecule has 0 aliphatic heterocycles. The summed E-state index contributed by atoms with van der Waals surface area (Å²) in [5.41, 5.74) is 0. The van der Waals surface area contributed by atoms with E-state index in [9.17, 15) is 21.6 Å². The highest BCUT2D eigenvalue weighted by molar-refractivity contribution is 7.89. The quantitative estimate of drug-likeness (QED) is 0.566. The molecule has 0 saturated carbocycles. The monoisotopic (exact) mass is 328 g/mol. The topological polar surface area (TPSA) is 130 Å². The van der Waals surface area contributed by atoms with Gasteiger partial charge in [-0.1, -0.05) is 0 Å². The van der Waals surface area contributed by atoms with Gasteiger partial charge in [0.2, 0.25) is 20.0 Å². The average Bonchev–Trinajstić information content (AvgIpc) is 2.73. The lowest BCUT2D eigenvalue weighted by Gasteiger charge is -2.05. The molecule has 0 fully saturated rings. The molecule has 0 atom stereocenters. The van der Waals surface area contributed by atoms with Crippen molar-refractivity contribution in [3.63, 3.8) is 0 Å². The molecule has 0 bridgehead atoms. The molecule has 1 rings (SSSR count). The summed E-state index contributed by atoms with van der Waals surface area (Å²) >= 11 is 0.798. The minimum absolute atomic E-state index is 0.0883. The molecule has 0 unspecified atom stereocenters. The first-order valence-electron chi connectivity index (χ1n) is 4.88. The van der Waals surface area contributed by atoms with Gasteiger partial charge < -0.3 is 5.11 Å². The number of carboxylic acids is 1. The molecule has 8 nitrogen and oxygen atoms in total. The highest BCUT2D eigenvalue weighted by atomic mass is 32.2. The van der Waals surface area contributed by atoms with Crippen LogP contribution in [0.25, 0.3) is 0 Å². The van der Waals surface area contributed by atoms with Gasteiger partial charge in [-0.2, -0.15) is 0 Å². The Bertz CT molecular complexity index is 660. The third-order valence-electron chi connectivity index (χ3n) is 1.88. The second-order valence-corrected chi connectivity index (χ2v) is 8.03. The van der Waals surface area contributed by atoms with E-state index >= 15 is 0 Å². The second kappa shape index (κ2) is 5.96. The molecule has 108 valence electrons. The summed E-state index contributed by atoms with van der Waals surface area (Å²) < 4.78 is 49.2. The Balaban J connectivity index is 2.63. The Morgan fingerprint density at radius 1 is 1.26 bits per heavy atom. The van der Waals surface area contributed by atoms with Gasteiger partial charge in [0, 0.05) is 18.5 Å². The lowest BCUT2D eigenvalue weighted by Crippen LogP contribution is -2.34. The van der Waals surface area contributed by atoms with E-state index in [1.165, 1.54) is 5.38 Å². The van der Waals surface area contributed by atoms with E-state index in [1.54, 1.807) is 0 Å². The highest BCUT2D eigenvalue weighted by Crippen LogP contribution is 2.18. The number of hydrogen-bond acceptors (Lipinski definition) is 6. The number of carboxylic acid groups (broad SMARTS) is 1. The van der Waals surface area contributed by atoms with Crippen LogP contribution in [0.1, 0.15) is 9.67 Å². The summed E-state index contributed by atoms with van der Waals surface area (Å²) in [7, 11) is -7.20. The van der Waals surface area contributed by atoms with Crippen LogP contribution in [-0.2, 0) is 20.0 Å². The number of thiophene rings is 1. The number of hydrogen-bond donors (Lipinski definition) is 3. The van der Waals surface area contributed by atoms with Crippen molar-refractivity contribution in [1.29, 1.82) is 0 Å². The van der Waals surface area contributed by atoms with E-state index < -0.39 is 26.0 Å². The lowest BCUT2D eigenvalue weighted by atomic mass is 10.5. The van der Waals surface area contributed by atoms with Gasteiger partial charge in [0.25, 0.3) is 0 Å². The Labute approximate surface area is 114 Å². The molecule has 19 heavy (non-hydrogen) atoms. The Morgan fingerprint density at radius 2 is 1.84 bits per heavy atom. The van der Waals surface area contributed by atoms with Crippen LogP contribution in [0.3, 0.4) is 0 Å². The lowest BCUT2D eigenvalue weighted by molar-refractivity contribution is 0.0702. The molecule has 0 amide bonds. The van der Waals surface area contributed by atoms with Crippen molar-refractivity contribution in [3.8, 4) is 0 Å². The van der Waals surface area contributed by atoms with Gasteiger partial charge in [0.1, 0.15) is 4.88 Å². The maximum atomic E-state index is 11.7. The molecule has 0 radical (unpaired) electrons. The number of aromatic carboxylic acids is 1. The fourth-order valence-electron chi connectivity index (χ4n) is 1.08. The Morgan fingerprint density at radius 3 is 2.32 bits per heavy atom. The molecule has 11 heteroatoms. The van der Waals surface area contributed by atoms with Crippen molar-refractivity contribution < 1.29 is 26.7 Å². The summed E-state index contributed by atoms with van der Waals surface area (Å²) in [5, 5.41) is 9.89. The molecule has 0 aromatic carbocycles. The molecular weight excluding hydrogens is 316 g/mol. The fraction of sp³-hybridized carbons (Fsp3) is 0.375. The number of sulfonamides is 2. The highest BCUT2D eigenvalue weighted by Gasteiger charge is 2.18. The maximum Gasteiger partial charge on any atom is 0.345 e. The standard InChI is InChI=1S/C8H12N2O6S3/c1-18(13,14)9-2-3-10-19(15,16)6-4-7(8(11)12)17-5-6/h4-5,9-10H,2-3H2,1H3,(H,11,12). The van der Waals surface area contributed by atoms with Crippen LogP contribution in [-0.4, -0.2) is 47.3 Å². The predicted octanol–water partition coefficient (Wildman–Crippen LogP) is -0.726. The molecule has 3 N–H and O–H groups in total.